The molecule has 1 aromatic carbocycles. The van der Waals surface area contributed by atoms with Crippen molar-refractivity contribution in [3.8, 4) is 5.75 Å². The Hall–Kier alpha value is -1.07. The van der Waals surface area contributed by atoms with Crippen LogP contribution in [0.4, 0.5) is 0 Å². The number of benzene rings is 1. The summed E-state index contributed by atoms with van der Waals surface area (Å²) in [6.45, 7) is 9.22. The van der Waals surface area contributed by atoms with E-state index in [0.29, 0.717) is 13.0 Å². The van der Waals surface area contributed by atoms with E-state index in [1.54, 1.807) is 6.92 Å². The van der Waals surface area contributed by atoms with Crippen molar-refractivity contribution in [2.75, 3.05) is 24.7 Å². The van der Waals surface area contributed by atoms with Gasteiger partial charge >= 0.3 is 0 Å². The predicted octanol–water partition coefficient (Wildman–Crippen LogP) is 2.87. The molecule has 0 heterocycles. The fourth-order valence-corrected chi connectivity index (χ4v) is 3.01. The molecule has 1 N–H and O–H groups in total. The summed E-state index contributed by atoms with van der Waals surface area (Å²) in [5, 5.41) is 3.38. The van der Waals surface area contributed by atoms with E-state index in [2.05, 4.69) is 32.2 Å². The van der Waals surface area contributed by atoms with Crippen molar-refractivity contribution in [3.63, 3.8) is 0 Å². The third-order valence-electron chi connectivity index (χ3n) is 3.44. The molecule has 0 aliphatic rings. The molecule has 0 saturated carbocycles. The molecule has 0 fully saturated rings. The van der Waals surface area contributed by atoms with Gasteiger partial charge in [0.1, 0.15) is 15.6 Å². The van der Waals surface area contributed by atoms with Gasteiger partial charge in [0.25, 0.3) is 0 Å². The van der Waals surface area contributed by atoms with Crippen molar-refractivity contribution < 1.29 is 13.2 Å². The van der Waals surface area contributed by atoms with Gasteiger partial charge in [0, 0.05) is 17.4 Å². The second kappa shape index (κ2) is 8.39. The summed E-state index contributed by atoms with van der Waals surface area (Å²) in [4.78, 5) is 0. The van der Waals surface area contributed by atoms with E-state index in [1.165, 1.54) is 5.56 Å². The zero-order valence-corrected chi connectivity index (χ0v) is 14.3. The molecule has 0 radical (unpaired) electrons. The van der Waals surface area contributed by atoms with Gasteiger partial charge in [-0.15, -0.1) is 0 Å². The fourth-order valence-electron chi connectivity index (χ4n) is 2.16. The number of nitrogens with one attached hydrogen (secondary N) is 1. The number of hydrogen-bond acceptors (Lipinski definition) is 4. The van der Waals surface area contributed by atoms with E-state index < -0.39 is 9.84 Å². The van der Waals surface area contributed by atoms with Gasteiger partial charge in [-0.25, -0.2) is 8.42 Å². The molecule has 5 heteroatoms. The van der Waals surface area contributed by atoms with Gasteiger partial charge in [0.05, 0.1) is 12.4 Å². The summed E-state index contributed by atoms with van der Waals surface area (Å²) in [5.41, 5.74) is 2.31. The Morgan fingerprint density at radius 2 is 2.00 bits per heavy atom. The smallest absolute Gasteiger partial charge is 0.150 e. The highest BCUT2D eigenvalue weighted by molar-refractivity contribution is 7.91. The minimum Gasteiger partial charge on any atom is -0.493 e. The van der Waals surface area contributed by atoms with Crippen molar-refractivity contribution in [2.45, 2.75) is 40.2 Å². The normalized spacial score (nSPS) is 13.1. The molecule has 120 valence electrons. The number of hydrogen-bond donors (Lipinski definition) is 1. The van der Waals surface area contributed by atoms with Gasteiger partial charge < -0.3 is 10.1 Å². The fraction of sp³-hybridized carbons (Fsp3) is 0.625. The lowest BCUT2D eigenvalue weighted by molar-refractivity contribution is 0.311. The van der Waals surface area contributed by atoms with E-state index in [0.717, 1.165) is 17.9 Å². The first-order chi connectivity index (χ1) is 9.89. The second-order valence-electron chi connectivity index (χ2n) is 5.26. The largest absolute Gasteiger partial charge is 0.493 e. The van der Waals surface area contributed by atoms with Gasteiger partial charge in [-0.1, -0.05) is 31.5 Å². The van der Waals surface area contributed by atoms with Gasteiger partial charge in [-0.3, -0.25) is 0 Å². The molecule has 0 aliphatic carbocycles. The summed E-state index contributed by atoms with van der Waals surface area (Å²) in [5.74, 6) is 1.22. The van der Waals surface area contributed by atoms with Crippen molar-refractivity contribution in [1.29, 1.82) is 0 Å². The van der Waals surface area contributed by atoms with Crippen LogP contribution in [0.3, 0.4) is 0 Å². The minimum absolute atomic E-state index is 0.188. The van der Waals surface area contributed by atoms with Crippen LogP contribution < -0.4 is 10.1 Å². The van der Waals surface area contributed by atoms with E-state index in [4.69, 9.17) is 4.74 Å². The SMILES string of the molecule is CCNC(C)c1cc(C)ccc1OCCCS(=O)(=O)CC. The Balaban J connectivity index is 2.66. The zero-order valence-electron chi connectivity index (χ0n) is 13.5. The topological polar surface area (TPSA) is 55.4 Å². The van der Waals surface area contributed by atoms with Crippen LogP contribution in [0.1, 0.15) is 44.4 Å². The molecule has 1 unspecified atom stereocenters. The molecule has 0 spiro atoms. The Bertz CT molecular complexity index is 540. The van der Waals surface area contributed by atoms with Crippen molar-refractivity contribution in [3.05, 3.63) is 29.3 Å². The summed E-state index contributed by atoms with van der Waals surface area (Å²) >= 11 is 0. The lowest BCUT2D eigenvalue weighted by Crippen LogP contribution is -2.19. The maximum atomic E-state index is 11.5. The molecule has 0 bridgehead atoms. The predicted molar refractivity (Wildman–Crippen MR) is 87.7 cm³/mol. The molecule has 0 aromatic heterocycles. The van der Waals surface area contributed by atoms with Crippen LogP contribution in [0.2, 0.25) is 0 Å². The van der Waals surface area contributed by atoms with Gasteiger partial charge in [-0.05, 0) is 32.9 Å². The lowest BCUT2D eigenvalue weighted by Gasteiger charge is -2.18. The first-order valence-electron chi connectivity index (χ1n) is 7.56. The highest BCUT2D eigenvalue weighted by Crippen LogP contribution is 2.26. The average molecular weight is 313 g/mol. The number of sulfone groups is 1. The molecule has 0 amide bonds. The van der Waals surface area contributed by atoms with Crippen LogP contribution in [0.5, 0.6) is 5.75 Å². The summed E-state index contributed by atoms with van der Waals surface area (Å²) < 4.78 is 28.7. The average Bonchev–Trinajstić information content (AvgIpc) is 2.45. The molecule has 4 nitrogen and oxygen atoms in total. The standard InChI is InChI=1S/C16H27NO3S/c1-5-17-14(4)15-12-13(3)8-9-16(15)20-10-7-11-21(18,19)6-2/h8-9,12,14,17H,5-7,10-11H2,1-4H3. The van der Waals surface area contributed by atoms with Crippen LogP contribution in [-0.2, 0) is 9.84 Å². The Labute approximate surface area is 128 Å². The quantitative estimate of drug-likeness (QED) is 0.712. The van der Waals surface area contributed by atoms with Crippen LogP contribution >= 0.6 is 0 Å². The molecular weight excluding hydrogens is 286 g/mol. The van der Waals surface area contributed by atoms with Crippen LogP contribution in [-0.4, -0.2) is 33.1 Å². The van der Waals surface area contributed by atoms with Gasteiger partial charge in [-0.2, -0.15) is 0 Å². The highest BCUT2D eigenvalue weighted by atomic mass is 32.2. The molecular formula is C16H27NO3S. The van der Waals surface area contributed by atoms with E-state index in [1.807, 2.05) is 12.1 Å². The van der Waals surface area contributed by atoms with E-state index in [9.17, 15) is 8.42 Å². The molecule has 1 aromatic rings. The highest BCUT2D eigenvalue weighted by Gasteiger charge is 2.12. The molecule has 0 aliphatic heterocycles. The molecule has 21 heavy (non-hydrogen) atoms. The summed E-state index contributed by atoms with van der Waals surface area (Å²) in [7, 11) is -2.91. The summed E-state index contributed by atoms with van der Waals surface area (Å²) in [6, 6.07) is 6.31. The maximum absolute atomic E-state index is 11.5. The van der Waals surface area contributed by atoms with Crippen molar-refractivity contribution >= 4 is 9.84 Å². The van der Waals surface area contributed by atoms with Gasteiger partial charge in [0.2, 0.25) is 0 Å². The Morgan fingerprint density at radius 1 is 1.29 bits per heavy atom. The molecule has 1 atom stereocenters. The number of ether oxygens (including phenoxy) is 1. The third-order valence-corrected chi connectivity index (χ3v) is 5.23. The third kappa shape index (κ3) is 6.06. The minimum atomic E-state index is -2.91. The van der Waals surface area contributed by atoms with Crippen molar-refractivity contribution in [2.24, 2.45) is 0 Å². The first kappa shape index (κ1) is 18.0. The Morgan fingerprint density at radius 3 is 2.62 bits per heavy atom. The molecule has 1 rings (SSSR count). The van der Waals surface area contributed by atoms with Crippen LogP contribution in [0, 0.1) is 6.92 Å². The van der Waals surface area contributed by atoms with Crippen LogP contribution in [0.15, 0.2) is 18.2 Å². The lowest BCUT2D eigenvalue weighted by atomic mass is 10.0. The number of rotatable bonds is 9. The number of aryl methyl sites for hydroxylation is 1. The summed E-state index contributed by atoms with van der Waals surface area (Å²) in [6.07, 6.45) is 0.527. The Kier molecular flexibility index (Phi) is 7.18. The van der Waals surface area contributed by atoms with E-state index in [-0.39, 0.29) is 17.5 Å². The maximum Gasteiger partial charge on any atom is 0.150 e. The first-order valence-corrected chi connectivity index (χ1v) is 9.39. The van der Waals surface area contributed by atoms with E-state index >= 15 is 0 Å². The monoisotopic (exact) mass is 313 g/mol. The van der Waals surface area contributed by atoms with Gasteiger partial charge in [0.15, 0.2) is 0 Å². The zero-order chi connectivity index (χ0) is 15.9. The van der Waals surface area contributed by atoms with Crippen molar-refractivity contribution in [1.82, 2.24) is 5.32 Å². The second-order valence-corrected chi connectivity index (χ2v) is 7.73. The van der Waals surface area contributed by atoms with Crippen LogP contribution in [0.25, 0.3) is 0 Å². The molecule has 0 saturated heterocycles.